The van der Waals surface area contributed by atoms with Gasteiger partial charge in [-0.2, -0.15) is 0 Å². The Hall–Kier alpha value is -2.88. The van der Waals surface area contributed by atoms with Crippen molar-refractivity contribution in [2.24, 2.45) is 0 Å². The first-order valence-corrected chi connectivity index (χ1v) is 15.5. The summed E-state index contributed by atoms with van der Waals surface area (Å²) >= 11 is 3.99. The molecule has 0 N–H and O–H groups in total. The van der Waals surface area contributed by atoms with Crippen molar-refractivity contribution in [3.05, 3.63) is 135 Å². The maximum atomic E-state index is 3.99. The first kappa shape index (κ1) is 26.3. The van der Waals surface area contributed by atoms with Gasteiger partial charge in [0.1, 0.15) is 5.54 Å². The number of nitrogens with zero attached hydrogens (tertiary/aromatic N) is 2. The summed E-state index contributed by atoms with van der Waals surface area (Å²) < 4.78 is 1.27. The van der Waals surface area contributed by atoms with Crippen LogP contribution in [-0.2, 0) is 12.0 Å². The van der Waals surface area contributed by atoms with E-state index in [0.29, 0.717) is 12.0 Å². The van der Waals surface area contributed by atoms with E-state index < -0.39 is 5.54 Å². The number of benzene rings is 4. The van der Waals surface area contributed by atoms with Gasteiger partial charge in [0.25, 0.3) is 0 Å². The molecule has 0 saturated heterocycles. The average molecular weight is 580 g/mol. The van der Waals surface area contributed by atoms with Gasteiger partial charge in [0.2, 0.25) is 0 Å². The number of anilines is 1. The maximum Gasteiger partial charge on any atom is 0.116 e. The van der Waals surface area contributed by atoms with Gasteiger partial charge in [0.05, 0.1) is 0 Å². The number of rotatable bonds is 9. The van der Waals surface area contributed by atoms with Crippen LogP contribution in [0.1, 0.15) is 66.8 Å². The van der Waals surface area contributed by atoms with Crippen molar-refractivity contribution in [1.29, 1.82) is 0 Å². The van der Waals surface area contributed by atoms with Gasteiger partial charge in [0, 0.05) is 28.7 Å². The van der Waals surface area contributed by atoms with Crippen molar-refractivity contribution >= 4 is 21.6 Å². The van der Waals surface area contributed by atoms with Gasteiger partial charge in [-0.25, -0.2) is 0 Å². The molecule has 0 fully saturated rings. The molecule has 0 aromatic heterocycles. The van der Waals surface area contributed by atoms with Crippen molar-refractivity contribution < 1.29 is 0 Å². The van der Waals surface area contributed by atoms with Crippen molar-refractivity contribution in [1.82, 2.24) is 4.90 Å². The van der Waals surface area contributed by atoms with Crippen LogP contribution in [0.25, 0.3) is 0 Å². The fourth-order valence-electron chi connectivity index (χ4n) is 7.43. The summed E-state index contributed by atoms with van der Waals surface area (Å²) in [5, 5.41) is 0. The van der Waals surface area contributed by atoms with E-state index in [2.05, 4.69) is 143 Å². The second-order valence-corrected chi connectivity index (χ2v) is 12.1. The zero-order valence-electron chi connectivity index (χ0n) is 23.2. The molecule has 3 heteroatoms. The molecule has 1 aliphatic heterocycles. The third kappa shape index (κ3) is 4.54. The van der Waals surface area contributed by atoms with Crippen molar-refractivity contribution in [2.75, 3.05) is 24.5 Å². The van der Waals surface area contributed by atoms with Crippen molar-refractivity contribution in [3.63, 3.8) is 0 Å². The Balaban J connectivity index is 1.56. The third-order valence-electron chi connectivity index (χ3n) is 8.89. The molecule has 39 heavy (non-hydrogen) atoms. The van der Waals surface area contributed by atoms with Gasteiger partial charge in [0.15, 0.2) is 0 Å². The summed E-state index contributed by atoms with van der Waals surface area (Å²) in [5.74, 6) is 0.512. The highest BCUT2D eigenvalue weighted by Crippen LogP contribution is 2.54. The quantitative estimate of drug-likeness (QED) is 0.183. The van der Waals surface area contributed by atoms with Crippen molar-refractivity contribution in [3.8, 4) is 0 Å². The minimum atomic E-state index is -0.426. The van der Waals surface area contributed by atoms with E-state index in [1.54, 1.807) is 5.56 Å². The van der Waals surface area contributed by atoms with Gasteiger partial charge >= 0.3 is 0 Å². The molecule has 2 aliphatic rings. The molecule has 0 unspecified atom stereocenters. The lowest BCUT2D eigenvalue weighted by Crippen LogP contribution is -2.48. The van der Waals surface area contributed by atoms with Crippen LogP contribution in [0.2, 0.25) is 0 Å². The molecule has 1 heterocycles. The Bertz CT molecular complexity index is 1280. The molecule has 0 bridgehead atoms. The fourth-order valence-corrected chi connectivity index (χ4v) is 7.93. The monoisotopic (exact) mass is 578 g/mol. The first-order chi connectivity index (χ1) is 19.2. The molecular weight excluding hydrogens is 540 g/mol. The van der Waals surface area contributed by atoms with Gasteiger partial charge in [-0.1, -0.05) is 121 Å². The summed E-state index contributed by atoms with van der Waals surface area (Å²) in [6, 6.07) is 38.8. The Morgan fingerprint density at radius 3 is 1.74 bits per heavy atom. The largest absolute Gasteiger partial charge is 0.353 e. The number of hydrogen-bond donors (Lipinski definition) is 0. The minimum absolute atomic E-state index is 0.426. The number of halogens is 1. The van der Waals surface area contributed by atoms with Gasteiger partial charge in [-0.15, -0.1) is 0 Å². The van der Waals surface area contributed by atoms with E-state index in [-0.39, 0.29) is 0 Å². The van der Waals surface area contributed by atoms with Crippen LogP contribution in [0, 0.1) is 0 Å². The summed E-state index contributed by atoms with van der Waals surface area (Å²) in [6.45, 7) is 8.02. The Morgan fingerprint density at radius 1 is 0.744 bits per heavy atom. The summed E-state index contributed by atoms with van der Waals surface area (Å²) in [5.41, 5.74) is 8.00. The molecule has 0 saturated carbocycles. The third-order valence-corrected chi connectivity index (χ3v) is 9.64. The molecule has 4 aromatic carbocycles. The predicted molar refractivity (Wildman–Crippen MR) is 168 cm³/mol. The fraction of sp³-hybridized carbons (Fsp3) is 0.333. The lowest BCUT2D eigenvalue weighted by molar-refractivity contribution is 0.171. The molecule has 1 aliphatic carbocycles. The van der Waals surface area contributed by atoms with Crippen LogP contribution in [-0.4, -0.2) is 30.6 Å². The maximum absolute atomic E-state index is 3.99. The average Bonchev–Trinajstić information content (AvgIpc) is 3.36. The van der Waals surface area contributed by atoms with Crippen LogP contribution < -0.4 is 4.90 Å². The molecular formula is C36H39BrN2. The van der Waals surface area contributed by atoms with Crippen LogP contribution in [0.5, 0.6) is 0 Å². The first-order valence-electron chi connectivity index (χ1n) is 14.7. The number of hydrogen-bond acceptors (Lipinski definition) is 2. The zero-order valence-corrected chi connectivity index (χ0v) is 24.8. The standard InChI is InChI=1S/C36H39BrN2/c1-3-22-38(23-4-2)31-24-27-26-39(34-21-20-33(37)32(25-31)35(27)34)36(28-14-8-5-9-15-28,29-16-10-6-11-17-29)30-18-12-7-13-19-30/h5-21,27,31H,3-4,22-26H2,1-2H3/t27-,31-/m0/s1. The van der Waals surface area contributed by atoms with E-state index in [1.807, 2.05) is 0 Å². The van der Waals surface area contributed by atoms with Crippen LogP contribution in [0.15, 0.2) is 108 Å². The smallest absolute Gasteiger partial charge is 0.116 e. The normalized spacial score (nSPS) is 18.4. The second-order valence-electron chi connectivity index (χ2n) is 11.2. The van der Waals surface area contributed by atoms with E-state index in [0.717, 1.165) is 13.0 Å². The van der Waals surface area contributed by atoms with E-state index >= 15 is 0 Å². The molecule has 0 radical (unpaired) electrons. The van der Waals surface area contributed by atoms with Crippen LogP contribution >= 0.6 is 15.9 Å². The summed E-state index contributed by atoms with van der Waals surface area (Å²) in [4.78, 5) is 5.51. The molecule has 0 amide bonds. The molecule has 0 spiro atoms. The van der Waals surface area contributed by atoms with Crippen LogP contribution in [0.3, 0.4) is 0 Å². The highest BCUT2D eigenvalue weighted by atomic mass is 79.9. The minimum Gasteiger partial charge on any atom is -0.353 e. The molecule has 200 valence electrons. The molecule has 2 nitrogen and oxygen atoms in total. The molecule has 4 aromatic rings. The second kappa shape index (κ2) is 11.3. The lowest BCUT2D eigenvalue weighted by atomic mass is 9.75. The Kier molecular flexibility index (Phi) is 7.64. The lowest BCUT2D eigenvalue weighted by Gasteiger charge is -2.45. The Morgan fingerprint density at radius 2 is 1.26 bits per heavy atom. The van der Waals surface area contributed by atoms with Crippen LogP contribution in [0.4, 0.5) is 5.69 Å². The highest BCUT2D eigenvalue weighted by molar-refractivity contribution is 9.10. The van der Waals surface area contributed by atoms with Gasteiger partial charge in [-0.3, -0.25) is 0 Å². The topological polar surface area (TPSA) is 6.48 Å². The van der Waals surface area contributed by atoms with Gasteiger partial charge < -0.3 is 9.80 Å². The summed E-state index contributed by atoms with van der Waals surface area (Å²) in [7, 11) is 0. The SMILES string of the molecule is CCCN(CCC)[C@@H]1Cc2c(Br)ccc3c2[C@@H](C1)CN3C(c1ccccc1)(c1ccccc1)c1ccccc1. The predicted octanol–water partition coefficient (Wildman–Crippen LogP) is 8.78. The van der Waals surface area contributed by atoms with E-state index in [9.17, 15) is 0 Å². The summed E-state index contributed by atoms with van der Waals surface area (Å²) in [6.07, 6.45) is 4.77. The van der Waals surface area contributed by atoms with E-state index in [4.69, 9.17) is 0 Å². The highest BCUT2D eigenvalue weighted by Gasteiger charge is 2.49. The molecule has 2 atom stereocenters. The zero-order chi connectivity index (χ0) is 26.8. The van der Waals surface area contributed by atoms with Gasteiger partial charge in [-0.05, 0) is 78.7 Å². The molecule has 6 rings (SSSR count). The van der Waals surface area contributed by atoms with Crippen molar-refractivity contribution in [2.45, 2.75) is 57.0 Å². The Labute approximate surface area is 242 Å². The van der Waals surface area contributed by atoms with E-state index in [1.165, 1.54) is 64.8 Å².